The lowest BCUT2D eigenvalue weighted by Crippen LogP contribution is -2.18. The van der Waals surface area contributed by atoms with E-state index < -0.39 is 0 Å². The van der Waals surface area contributed by atoms with E-state index in [2.05, 4.69) is 32.9 Å². The van der Waals surface area contributed by atoms with Crippen molar-refractivity contribution in [3.8, 4) is 0 Å². The van der Waals surface area contributed by atoms with Gasteiger partial charge in [0.05, 0.1) is 12.5 Å². The van der Waals surface area contributed by atoms with Gasteiger partial charge in [-0.25, -0.2) is 0 Å². The molecule has 0 spiro atoms. The van der Waals surface area contributed by atoms with Gasteiger partial charge in [-0.2, -0.15) is 0 Å². The molecule has 0 aliphatic carbocycles. The van der Waals surface area contributed by atoms with Crippen LogP contribution in [0.15, 0.2) is 12.2 Å². The molecule has 0 bridgehead atoms. The maximum Gasteiger partial charge on any atom is 0.308 e. The van der Waals surface area contributed by atoms with Gasteiger partial charge in [0, 0.05) is 0 Å². The van der Waals surface area contributed by atoms with Crippen molar-refractivity contribution in [3.63, 3.8) is 0 Å². The Balaban J connectivity index is 3.75. The molecule has 1 atom stereocenters. The Morgan fingerprint density at radius 1 is 0.600 bits per heavy atom. The van der Waals surface area contributed by atoms with Crippen LogP contribution in [-0.2, 0) is 9.53 Å². The van der Waals surface area contributed by atoms with E-state index in [0.717, 1.165) is 32.1 Å². The zero-order valence-electron chi connectivity index (χ0n) is 20.9. The van der Waals surface area contributed by atoms with Gasteiger partial charge in [-0.15, -0.1) is 0 Å². The standard InChI is InChI=1S/C28H54O2/c1-4-7-10-11-12-13-14-15-16-17-18-19-20-22-25-27(24-21-8-5-2)28(29)30-26-23-9-6-3/h15-16,27H,4-14,17-26H2,1-3H3/b16-15-. The summed E-state index contributed by atoms with van der Waals surface area (Å²) in [4.78, 5) is 12.4. The average molecular weight is 423 g/mol. The predicted octanol–water partition coefficient (Wildman–Crippen LogP) is 9.56. The molecule has 0 aliphatic rings. The van der Waals surface area contributed by atoms with Gasteiger partial charge in [0.1, 0.15) is 0 Å². The number of esters is 1. The molecule has 0 rings (SSSR count). The second-order valence-electron chi connectivity index (χ2n) is 9.09. The van der Waals surface area contributed by atoms with Crippen molar-refractivity contribution < 1.29 is 9.53 Å². The maximum absolute atomic E-state index is 12.4. The monoisotopic (exact) mass is 422 g/mol. The normalized spacial score (nSPS) is 12.5. The Morgan fingerprint density at radius 3 is 1.63 bits per heavy atom. The van der Waals surface area contributed by atoms with E-state index in [0.29, 0.717) is 6.61 Å². The van der Waals surface area contributed by atoms with Crippen molar-refractivity contribution in [2.45, 2.75) is 149 Å². The zero-order chi connectivity index (χ0) is 22.1. The van der Waals surface area contributed by atoms with Gasteiger partial charge in [-0.3, -0.25) is 4.79 Å². The second kappa shape index (κ2) is 24.5. The van der Waals surface area contributed by atoms with Crippen molar-refractivity contribution in [3.05, 3.63) is 12.2 Å². The van der Waals surface area contributed by atoms with Gasteiger partial charge in [0.2, 0.25) is 0 Å². The highest BCUT2D eigenvalue weighted by Gasteiger charge is 2.19. The number of allylic oxidation sites excluding steroid dienone is 2. The predicted molar refractivity (Wildman–Crippen MR) is 133 cm³/mol. The number of carbonyl (C=O) groups is 1. The molecule has 0 N–H and O–H groups in total. The first-order chi connectivity index (χ1) is 14.8. The van der Waals surface area contributed by atoms with Gasteiger partial charge >= 0.3 is 5.97 Å². The minimum absolute atomic E-state index is 0.0693. The zero-order valence-corrected chi connectivity index (χ0v) is 20.9. The molecule has 0 heterocycles. The highest BCUT2D eigenvalue weighted by Crippen LogP contribution is 2.20. The molecule has 2 nitrogen and oxygen atoms in total. The number of hydrogen-bond acceptors (Lipinski definition) is 2. The lowest BCUT2D eigenvalue weighted by atomic mass is 9.94. The Morgan fingerprint density at radius 2 is 1.03 bits per heavy atom. The van der Waals surface area contributed by atoms with Crippen LogP contribution in [0.4, 0.5) is 0 Å². The van der Waals surface area contributed by atoms with Crippen LogP contribution in [0.5, 0.6) is 0 Å². The van der Waals surface area contributed by atoms with Crippen LogP contribution < -0.4 is 0 Å². The van der Waals surface area contributed by atoms with Crippen LogP contribution in [-0.4, -0.2) is 12.6 Å². The minimum Gasteiger partial charge on any atom is -0.465 e. The largest absolute Gasteiger partial charge is 0.465 e. The Bertz CT molecular complexity index is 375. The molecule has 0 aromatic carbocycles. The van der Waals surface area contributed by atoms with Gasteiger partial charge in [0.15, 0.2) is 0 Å². The van der Waals surface area contributed by atoms with E-state index in [-0.39, 0.29) is 11.9 Å². The minimum atomic E-state index is 0.0693. The molecule has 1 unspecified atom stereocenters. The third-order valence-electron chi connectivity index (χ3n) is 6.05. The first-order valence-corrected chi connectivity index (χ1v) is 13.6. The van der Waals surface area contributed by atoms with Gasteiger partial charge < -0.3 is 4.74 Å². The van der Waals surface area contributed by atoms with Crippen molar-refractivity contribution in [2.24, 2.45) is 5.92 Å². The average Bonchev–Trinajstić information content (AvgIpc) is 2.75. The lowest BCUT2D eigenvalue weighted by Gasteiger charge is -2.16. The summed E-state index contributed by atoms with van der Waals surface area (Å²) in [6, 6.07) is 0. The molecule has 0 aromatic rings. The molecule has 178 valence electrons. The summed E-state index contributed by atoms with van der Waals surface area (Å²) in [6.07, 6.45) is 29.5. The van der Waals surface area contributed by atoms with Crippen molar-refractivity contribution in [1.82, 2.24) is 0 Å². The van der Waals surface area contributed by atoms with E-state index in [1.165, 1.54) is 96.3 Å². The van der Waals surface area contributed by atoms with E-state index in [4.69, 9.17) is 4.74 Å². The van der Waals surface area contributed by atoms with Gasteiger partial charge in [-0.05, 0) is 44.9 Å². The fraction of sp³-hybridized carbons (Fsp3) is 0.893. The summed E-state index contributed by atoms with van der Waals surface area (Å²) in [5.41, 5.74) is 0. The summed E-state index contributed by atoms with van der Waals surface area (Å²) in [7, 11) is 0. The highest BCUT2D eigenvalue weighted by molar-refractivity contribution is 5.72. The first kappa shape index (κ1) is 29.2. The molecule has 0 radical (unpaired) electrons. The molecular formula is C28H54O2. The summed E-state index contributed by atoms with van der Waals surface area (Å²) in [5.74, 6) is 0.204. The van der Waals surface area contributed by atoms with E-state index >= 15 is 0 Å². The summed E-state index contributed by atoms with van der Waals surface area (Å²) in [6.45, 7) is 7.29. The Hall–Kier alpha value is -0.790. The molecule has 0 saturated carbocycles. The summed E-state index contributed by atoms with van der Waals surface area (Å²) >= 11 is 0. The molecule has 0 aromatic heterocycles. The van der Waals surface area contributed by atoms with E-state index in [1.807, 2.05) is 0 Å². The van der Waals surface area contributed by atoms with Crippen LogP contribution in [0.25, 0.3) is 0 Å². The highest BCUT2D eigenvalue weighted by atomic mass is 16.5. The number of ether oxygens (including phenoxy) is 1. The molecule has 0 fully saturated rings. The molecule has 0 aliphatic heterocycles. The van der Waals surface area contributed by atoms with Crippen molar-refractivity contribution >= 4 is 5.97 Å². The van der Waals surface area contributed by atoms with Crippen molar-refractivity contribution in [2.75, 3.05) is 6.61 Å². The van der Waals surface area contributed by atoms with E-state index in [1.54, 1.807) is 0 Å². The maximum atomic E-state index is 12.4. The SMILES string of the molecule is CCCCCCCC/C=C\CCCCCCC(CCCCC)C(=O)OCCCCC. The Labute approximate surface area is 189 Å². The fourth-order valence-electron chi connectivity index (χ4n) is 3.95. The van der Waals surface area contributed by atoms with Crippen LogP contribution in [0.2, 0.25) is 0 Å². The number of carbonyl (C=O) groups excluding carboxylic acids is 1. The van der Waals surface area contributed by atoms with Gasteiger partial charge in [0.25, 0.3) is 0 Å². The third-order valence-corrected chi connectivity index (χ3v) is 6.05. The molecule has 0 saturated heterocycles. The molecule has 30 heavy (non-hydrogen) atoms. The summed E-state index contributed by atoms with van der Waals surface area (Å²) in [5, 5.41) is 0. The van der Waals surface area contributed by atoms with E-state index in [9.17, 15) is 4.79 Å². The summed E-state index contributed by atoms with van der Waals surface area (Å²) < 4.78 is 5.56. The first-order valence-electron chi connectivity index (χ1n) is 13.6. The van der Waals surface area contributed by atoms with Crippen LogP contribution in [0.1, 0.15) is 149 Å². The van der Waals surface area contributed by atoms with Crippen LogP contribution >= 0.6 is 0 Å². The topological polar surface area (TPSA) is 26.3 Å². The van der Waals surface area contributed by atoms with Crippen LogP contribution in [0.3, 0.4) is 0 Å². The number of hydrogen-bond donors (Lipinski definition) is 0. The quantitative estimate of drug-likeness (QED) is 0.0930. The third kappa shape index (κ3) is 20.5. The molecule has 0 amide bonds. The smallest absolute Gasteiger partial charge is 0.308 e. The molecule has 2 heteroatoms. The van der Waals surface area contributed by atoms with Crippen LogP contribution in [0, 0.1) is 5.92 Å². The van der Waals surface area contributed by atoms with Gasteiger partial charge in [-0.1, -0.05) is 116 Å². The lowest BCUT2D eigenvalue weighted by molar-refractivity contribution is -0.149. The second-order valence-corrected chi connectivity index (χ2v) is 9.09. The Kier molecular flexibility index (Phi) is 23.8. The molecular weight excluding hydrogens is 368 g/mol. The number of unbranched alkanes of at least 4 members (excludes halogenated alkanes) is 14. The fourth-order valence-corrected chi connectivity index (χ4v) is 3.95. The number of rotatable bonds is 23. The van der Waals surface area contributed by atoms with Crippen molar-refractivity contribution in [1.29, 1.82) is 0 Å².